The van der Waals surface area contributed by atoms with Crippen molar-refractivity contribution in [2.45, 2.75) is 6.54 Å². The highest BCUT2D eigenvalue weighted by Gasteiger charge is 2.26. The summed E-state index contributed by atoms with van der Waals surface area (Å²) in [5.74, 6) is -0.694. The van der Waals surface area contributed by atoms with Crippen molar-refractivity contribution < 1.29 is 19.2 Å². The predicted molar refractivity (Wildman–Crippen MR) is 70.5 cm³/mol. The van der Waals surface area contributed by atoms with Crippen molar-refractivity contribution in [2.24, 2.45) is 0 Å². The number of morpholine rings is 1. The van der Waals surface area contributed by atoms with E-state index in [2.05, 4.69) is 9.64 Å². The van der Waals surface area contributed by atoms with Gasteiger partial charge >= 0.3 is 5.97 Å². The normalized spacial score (nSPS) is 15.8. The minimum Gasteiger partial charge on any atom is -0.465 e. The lowest BCUT2D eigenvalue weighted by molar-refractivity contribution is -0.386. The van der Waals surface area contributed by atoms with Gasteiger partial charge in [-0.05, 0) is 6.07 Å². The van der Waals surface area contributed by atoms with Gasteiger partial charge < -0.3 is 9.47 Å². The highest BCUT2D eigenvalue weighted by Crippen LogP contribution is 2.26. The number of hydrogen-bond donors (Lipinski definition) is 0. The second-order valence-electron chi connectivity index (χ2n) is 4.45. The second-order valence-corrected chi connectivity index (χ2v) is 4.45. The molecule has 0 aromatic heterocycles. The molecule has 20 heavy (non-hydrogen) atoms. The number of esters is 1. The Kier molecular flexibility index (Phi) is 4.65. The van der Waals surface area contributed by atoms with E-state index >= 15 is 0 Å². The van der Waals surface area contributed by atoms with Crippen molar-refractivity contribution in [1.82, 2.24) is 4.90 Å². The molecule has 1 aromatic rings. The Morgan fingerprint density at radius 1 is 1.45 bits per heavy atom. The number of benzene rings is 1. The molecule has 0 bridgehead atoms. The molecule has 0 spiro atoms. The maximum atomic E-state index is 11.6. The van der Waals surface area contributed by atoms with Gasteiger partial charge in [-0.1, -0.05) is 12.1 Å². The highest BCUT2D eigenvalue weighted by molar-refractivity contribution is 5.94. The third-order valence-corrected chi connectivity index (χ3v) is 3.21. The first-order valence-electron chi connectivity index (χ1n) is 6.28. The average molecular weight is 280 g/mol. The Morgan fingerprint density at radius 3 is 2.75 bits per heavy atom. The van der Waals surface area contributed by atoms with Gasteiger partial charge in [0.1, 0.15) is 5.56 Å². The fraction of sp³-hybridized carbons (Fsp3) is 0.462. The summed E-state index contributed by atoms with van der Waals surface area (Å²) >= 11 is 0. The molecule has 0 atom stereocenters. The minimum atomic E-state index is -0.694. The summed E-state index contributed by atoms with van der Waals surface area (Å²) in [5.41, 5.74) is 0.328. The fourth-order valence-electron chi connectivity index (χ4n) is 2.21. The molecule has 1 aliphatic heterocycles. The molecule has 0 unspecified atom stereocenters. The molecule has 1 heterocycles. The molecule has 7 nitrogen and oxygen atoms in total. The second kappa shape index (κ2) is 6.44. The van der Waals surface area contributed by atoms with Crippen LogP contribution in [0.25, 0.3) is 0 Å². The van der Waals surface area contributed by atoms with Crippen molar-refractivity contribution >= 4 is 11.7 Å². The van der Waals surface area contributed by atoms with E-state index < -0.39 is 10.9 Å². The summed E-state index contributed by atoms with van der Waals surface area (Å²) in [6, 6.07) is 4.71. The van der Waals surface area contributed by atoms with Crippen LogP contribution < -0.4 is 0 Å². The number of para-hydroxylation sites is 1. The van der Waals surface area contributed by atoms with Crippen LogP contribution in [0.15, 0.2) is 18.2 Å². The summed E-state index contributed by atoms with van der Waals surface area (Å²) in [4.78, 5) is 24.4. The first-order valence-corrected chi connectivity index (χ1v) is 6.28. The van der Waals surface area contributed by atoms with Crippen LogP contribution in [0.4, 0.5) is 5.69 Å². The summed E-state index contributed by atoms with van der Waals surface area (Å²) in [6.45, 7) is 3.10. The third kappa shape index (κ3) is 3.12. The van der Waals surface area contributed by atoms with E-state index in [1.54, 1.807) is 12.1 Å². The van der Waals surface area contributed by atoms with Crippen LogP contribution in [0, 0.1) is 10.1 Å². The fourth-order valence-corrected chi connectivity index (χ4v) is 2.21. The molecular weight excluding hydrogens is 264 g/mol. The molecule has 0 N–H and O–H groups in total. The predicted octanol–water partition coefficient (Wildman–Crippen LogP) is 1.21. The Balaban J connectivity index is 2.31. The van der Waals surface area contributed by atoms with Crippen molar-refractivity contribution in [2.75, 3.05) is 33.4 Å². The Hall–Kier alpha value is -1.99. The smallest absolute Gasteiger partial charge is 0.344 e. The number of nitro groups is 1. The quantitative estimate of drug-likeness (QED) is 0.468. The van der Waals surface area contributed by atoms with Crippen molar-refractivity contribution in [1.29, 1.82) is 0 Å². The lowest BCUT2D eigenvalue weighted by atomic mass is 10.1. The number of nitrogens with zero attached hydrogens (tertiary/aromatic N) is 2. The molecule has 108 valence electrons. The monoisotopic (exact) mass is 280 g/mol. The lowest BCUT2D eigenvalue weighted by Gasteiger charge is -2.26. The van der Waals surface area contributed by atoms with Crippen LogP contribution in [-0.2, 0) is 16.0 Å². The lowest BCUT2D eigenvalue weighted by Crippen LogP contribution is -2.35. The molecule has 0 radical (unpaired) electrons. The molecule has 0 saturated carbocycles. The van der Waals surface area contributed by atoms with Gasteiger partial charge in [-0.2, -0.15) is 0 Å². The average Bonchev–Trinajstić information content (AvgIpc) is 2.47. The molecule has 7 heteroatoms. The number of nitro benzene ring substituents is 1. The van der Waals surface area contributed by atoms with Crippen LogP contribution in [0.3, 0.4) is 0 Å². The van der Waals surface area contributed by atoms with Crippen molar-refractivity contribution in [3.63, 3.8) is 0 Å². The summed E-state index contributed by atoms with van der Waals surface area (Å²) in [6.07, 6.45) is 0. The standard InChI is InChI=1S/C13H16N2O5/c1-19-13(16)11-4-2-3-10(12(11)15(17)18)9-14-5-7-20-8-6-14/h2-4H,5-9H2,1H3. The van der Waals surface area contributed by atoms with Gasteiger partial charge in [0.25, 0.3) is 5.69 Å². The van der Waals surface area contributed by atoms with E-state index in [9.17, 15) is 14.9 Å². The summed E-state index contributed by atoms with van der Waals surface area (Å²) in [5, 5.41) is 11.3. The maximum Gasteiger partial charge on any atom is 0.344 e. The minimum absolute atomic E-state index is 0.0109. The third-order valence-electron chi connectivity index (χ3n) is 3.21. The Bertz CT molecular complexity index is 511. The molecule has 1 saturated heterocycles. The van der Waals surface area contributed by atoms with Crippen LogP contribution in [0.1, 0.15) is 15.9 Å². The van der Waals surface area contributed by atoms with E-state index in [0.29, 0.717) is 25.3 Å². The van der Waals surface area contributed by atoms with Crippen LogP contribution in [0.2, 0.25) is 0 Å². The van der Waals surface area contributed by atoms with Crippen molar-refractivity contribution in [3.8, 4) is 0 Å². The van der Waals surface area contributed by atoms with Gasteiger partial charge in [0.2, 0.25) is 0 Å². The van der Waals surface area contributed by atoms with Crippen LogP contribution in [0.5, 0.6) is 0 Å². The zero-order valence-electron chi connectivity index (χ0n) is 11.2. The zero-order chi connectivity index (χ0) is 14.5. The van der Waals surface area contributed by atoms with Gasteiger partial charge in [-0.15, -0.1) is 0 Å². The van der Waals surface area contributed by atoms with E-state index in [1.165, 1.54) is 13.2 Å². The Labute approximate surface area is 116 Å². The van der Waals surface area contributed by atoms with E-state index in [0.717, 1.165) is 13.1 Å². The van der Waals surface area contributed by atoms with Crippen LogP contribution >= 0.6 is 0 Å². The van der Waals surface area contributed by atoms with E-state index in [4.69, 9.17) is 4.74 Å². The van der Waals surface area contributed by atoms with Gasteiger partial charge in [-0.25, -0.2) is 4.79 Å². The van der Waals surface area contributed by atoms with Gasteiger partial charge in [0.05, 0.1) is 25.2 Å². The van der Waals surface area contributed by atoms with Gasteiger partial charge in [-0.3, -0.25) is 15.0 Å². The number of ether oxygens (including phenoxy) is 2. The largest absolute Gasteiger partial charge is 0.465 e. The number of carbonyl (C=O) groups is 1. The number of rotatable bonds is 4. The first-order chi connectivity index (χ1) is 9.63. The highest BCUT2D eigenvalue weighted by atomic mass is 16.6. The molecule has 0 aliphatic carbocycles. The Morgan fingerprint density at radius 2 is 2.15 bits per heavy atom. The van der Waals surface area contributed by atoms with Gasteiger partial charge in [0.15, 0.2) is 0 Å². The summed E-state index contributed by atoms with van der Waals surface area (Å²) < 4.78 is 9.84. The van der Waals surface area contributed by atoms with Crippen molar-refractivity contribution in [3.05, 3.63) is 39.4 Å². The number of carbonyl (C=O) groups excluding carboxylic acids is 1. The first kappa shape index (κ1) is 14.4. The maximum absolute atomic E-state index is 11.6. The molecule has 1 fully saturated rings. The number of hydrogen-bond acceptors (Lipinski definition) is 6. The number of methoxy groups -OCH3 is 1. The molecule has 1 aliphatic rings. The zero-order valence-corrected chi connectivity index (χ0v) is 11.2. The molecule has 0 amide bonds. The molecular formula is C13H16N2O5. The molecule has 2 rings (SSSR count). The van der Waals surface area contributed by atoms with E-state index in [1.807, 2.05) is 0 Å². The van der Waals surface area contributed by atoms with Gasteiger partial charge in [0, 0.05) is 25.2 Å². The topological polar surface area (TPSA) is 81.9 Å². The summed E-state index contributed by atoms with van der Waals surface area (Å²) in [7, 11) is 1.21. The van der Waals surface area contributed by atoms with E-state index in [-0.39, 0.29) is 11.3 Å². The SMILES string of the molecule is COC(=O)c1cccc(CN2CCOCC2)c1[N+](=O)[O-]. The molecule has 1 aromatic carbocycles. The van der Waals surface area contributed by atoms with Crippen LogP contribution in [-0.4, -0.2) is 49.2 Å².